The molecule has 0 radical (unpaired) electrons. The predicted octanol–water partition coefficient (Wildman–Crippen LogP) is 3.69. The van der Waals surface area contributed by atoms with Crippen molar-refractivity contribution >= 4 is 28.5 Å². The molecule has 0 bridgehead atoms. The number of hydrogen-bond acceptors (Lipinski definition) is 4. The summed E-state index contributed by atoms with van der Waals surface area (Å²) in [5.74, 6) is -0.931. The summed E-state index contributed by atoms with van der Waals surface area (Å²) in [5.41, 5.74) is 0.335. The number of nitrogens with zero attached hydrogens (tertiary/aromatic N) is 2. The Morgan fingerprint density at radius 1 is 1.18 bits per heavy atom. The van der Waals surface area contributed by atoms with Gasteiger partial charge in [-0.15, -0.1) is 0 Å². The molecule has 1 amide bonds. The minimum atomic E-state index is -0.844. The van der Waals surface area contributed by atoms with Crippen LogP contribution >= 0.6 is 11.6 Å². The molecule has 2 aromatic carbocycles. The number of hydrogen-bond donors (Lipinski definition) is 0. The van der Waals surface area contributed by atoms with Gasteiger partial charge in [-0.2, -0.15) is 0 Å². The van der Waals surface area contributed by atoms with E-state index in [9.17, 15) is 14.0 Å². The number of carbonyl (C=O) groups is 1. The number of amides is 1. The van der Waals surface area contributed by atoms with Crippen molar-refractivity contribution in [2.75, 3.05) is 27.2 Å². The van der Waals surface area contributed by atoms with Gasteiger partial charge >= 0.3 is 0 Å². The van der Waals surface area contributed by atoms with Crippen LogP contribution in [-0.4, -0.2) is 42.9 Å². The summed E-state index contributed by atoms with van der Waals surface area (Å²) in [4.78, 5) is 29.8. The molecule has 0 saturated heterocycles. The average Bonchev–Trinajstić information content (AvgIpc) is 2.93. The number of fused-ring (bicyclic) bond motifs is 2. The Balaban J connectivity index is 1.97. The number of likely N-dealkylation sites (N-methyl/N-ethyl adjacent to an activating group) is 1. The fourth-order valence-electron chi connectivity index (χ4n) is 3.55. The zero-order chi connectivity index (χ0) is 20.0. The lowest BCUT2D eigenvalue weighted by Crippen LogP contribution is -2.35. The van der Waals surface area contributed by atoms with Crippen LogP contribution < -0.4 is 5.43 Å². The van der Waals surface area contributed by atoms with Crippen LogP contribution in [0.25, 0.3) is 11.0 Å². The molecule has 0 unspecified atom stereocenters. The summed E-state index contributed by atoms with van der Waals surface area (Å²) in [7, 11) is 3.76. The van der Waals surface area contributed by atoms with Gasteiger partial charge in [0.1, 0.15) is 11.4 Å². The van der Waals surface area contributed by atoms with E-state index in [4.69, 9.17) is 16.0 Å². The van der Waals surface area contributed by atoms with E-state index in [0.29, 0.717) is 18.1 Å². The molecule has 28 heavy (non-hydrogen) atoms. The first-order valence-electron chi connectivity index (χ1n) is 8.85. The summed E-state index contributed by atoms with van der Waals surface area (Å²) in [5, 5.41) is 0.658. The zero-order valence-corrected chi connectivity index (χ0v) is 16.2. The van der Waals surface area contributed by atoms with Crippen molar-refractivity contribution in [2.24, 2.45) is 0 Å². The van der Waals surface area contributed by atoms with E-state index in [1.165, 1.54) is 17.0 Å². The highest BCUT2D eigenvalue weighted by molar-refractivity contribution is 6.31. The van der Waals surface area contributed by atoms with Crippen molar-refractivity contribution in [3.63, 3.8) is 0 Å². The second kappa shape index (κ2) is 7.04. The van der Waals surface area contributed by atoms with Crippen molar-refractivity contribution in [3.05, 3.63) is 80.4 Å². The fourth-order valence-corrected chi connectivity index (χ4v) is 3.72. The van der Waals surface area contributed by atoms with Crippen molar-refractivity contribution in [2.45, 2.75) is 6.04 Å². The summed E-state index contributed by atoms with van der Waals surface area (Å²) in [6.07, 6.45) is 0. The van der Waals surface area contributed by atoms with Gasteiger partial charge in [-0.25, -0.2) is 4.39 Å². The quantitative estimate of drug-likeness (QED) is 0.670. The maximum Gasteiger partial charge on any atom is 0.290 e. The zero-order valence-electron chi connectivity index (χ0n) is 15.4. The molecule has 0 fully saturated rings. The van der Waals surface area contributed by atoms with Gasteiger partial charge < -0.3 is 14.2 Å². The molecule has 2 heterocycles. The van der Waals surface area contributed by atoms with Crippen molar-refractivity contribution < 1.29 is 13.6 Å². The van der Waals surface area contributed by atoms with Gasteiger partial charge in [-0.05, 0) is 38.4 Å². The Bertz CT molecular complexity index is 1140. The Morgan fingerprint density at radius 2 is 1.93 bits per heavy atom. The topological polar surface area (TPSA) is 53.8 Å². The Hall–Kier alpha value is -2.70. The van der Waals surface area contributed by atoms with E-state index < -0.39 is 17.8 Å². The minimum Gasteiger partial charge on any atom is -0.450 e. The van der Waals surface area contributed by atoms with E-state index >= 15 is 0 Å². The molecular weight excluding hydrogens is 383 g/mol. The highest BCUT2D eigenvalue weighted by Crippen LogP contribution is 2.39. The van der Waals surface area contributed by atoms with Gasteiger partial charge in [0.15, 0.2) is 5.43 Å². The smallest absolute Gasteiger partial charge is 0.290 e. The van der Waals surface area contributed by atoms with Gasteiger partial charge in [0, 0.05) is 23.7 Å². The van der Waals surface area contributed by atoms with Gasteiger partial charge in [-0.1, -0.05) is 29.8 Å². The third-order valence-electron chi connectivity index (χ3n) is 4.92. The molecule has 1 aliphatic rings. The molecule has 0 aliphatic carbocycles. The second-order valence-electron chi connectivity index (χ2n) is 7.04. The maximum absolute atomic E-state index is 14.6. The molecule has 1 atom stereocenters. The first-order valence-corrected chi connectivity index (χ1v) is 9.22. The SMILES string of the molecule is CN(C)CCN1C(=O)c2oc3ccc(Cl)cc3c(=O)c2[C@@H]1c1ccccc1F. The summed E-state index contributed by atoms with van der Waals surface area (Å²) < 4.78 is 20.4. The number of halogens is 2. The molecular formula is C21H18ClFN2O3. The summed E-state index contributed by atoms with van der Waals surface area (Å²) in [6.45, 7) is 0.885. The Kier molecular flexibility index (Phi) is 4.69. The predicted molar refractivity (Wildman–Crippen MR) is 105 cm³/mol. The van der Waals surface area contributed by atoms with Gasteiger partial charge in [0.25, 0.3) is 5.91 Å². The van der Waals surface area contributed by atoms with E-state index in [2.05, 4.69) is 0 Å². The summed E-state index contributed by atoms with van der Waals surface area (Å²) in [6, 6.07) is 9.99. The number of rotatable bonds is 4. The molecule has 4 rings (SSSR count). The molecule has 7 heteroatoms. The van der Waals surface area contributed by atoms with Crippen LogP contribution in [0.5, 0.6) is 0 Å². The lowest BCUT2D eigenvalue weighted by molar-refractivity contribution is 0.0714. The Morgan fingerprint density at radius 3 is 2.64 bits per heavy atom. The van der Waals surface area contributed by atoms with Crippen LogP contribution in [0.3, 0.4) is 0 Å². The van der Waals surface area contributed by atoms with Gasteiger partial charge in [-0.3, -0.25) is 9.59 Å². The molecule has 0 spiro atoms. The lowest BCUT2D eigenvalue weighted by atomic mass is 9.98. The highest BCUT2D eigenvalue weighted by atomic mass is 35.5. The molecule has 1 aromatic heterocycles. The Labute approximate surface area is 165 Å². The molecule has 3 aromatic rings. The third kappa shape index (κ3) is 2.99. The molecule has 144 valence electrons. The van der Waals surface area contributed by atoms with E-state index in [1.807, 2.05) is 19.0 Å². The van der Waals surface area contributed by atoms with E-state index in [-0.39, 0.29) is 33.3 Å². The highest BCUT2D eigenvalue weighted by Gasteiger charge is 2.43. The van der Waals surface area contributed by atoms with Crippen molar-refractivity contribution in [1.29, 1.82) is 0 Å². The number of carbonyl (C=O) groups excluding carboxylic acids is 1. The van der Waals surface area contributed by atoms with Crippen LogP contribution in [-0.2, 0) is 0 Å². The van der Waals surface area contributed by atoms with Gasteiger partial charge in [0.2, 0.25) is 5.76 Å². The molecule has 5 nitrogen and oxygen atoms in total. The largest absolute Gasteiger partial charge is 0.450 e. The molecule has 0 N–H and O–H groups in total. The standard InChI is InChI=1S/C21H18ClFN2O3/c1-24(2)9-10-25-18(13-5-3-4-6-15(13)23)17-19(26)14-11-12(22)7-8-16(14)28-20(17)21(25)27/h3-8,11,18H,9-10H2,1-2H3/t18-/m0/s1. The maximum atomic E-state index is 14.6. The first-order chi connectivity index (χ1) is 13.4. The third-order valence-corrected chi connectivity index (χ3v) is 5.15. The van der Waals surface area contributed by atoms with Crippen LogP contribution in [0.15, 0.2) is 51.7 Å². The normalized spacial score (nSPS) is 16.2. The minimum absolute atomic E-state index is 0.0353. The number of benzene rings is 2. The van der Waals surface area contributed by atoms with Crippen LogP contribution in [0.1, 0.15) is 27.7 Å². The van der Waals surface area contributed by atoms with Crippen molar-refractivity contribution in [3.8, 4) is 0 Å². The summed E-state index contributed by atoms with van der Waals surface area (Å²) >= 11 is 6.04. The average molecular weight is 401 g/mol. The molecule has 0 saturated carbocycles. The van der Waals surface area contributed by atoms with Gasteiger partial charge in [0.05, 0.1) is 17.0 Å². The second-order valence-corrected chi connectivity index (χ2v) is 7.48. The van der Waals surface area contributed by atoms with E-state index in [1.54, 1.807) is 30.3 Å². The monoisotopic (exact) mass is 400 g/mol. The van der Waals surface area contributed by atoms with E-state index in [0.717, 1.165) is 0 Å². The molecule has 1 aliphatic heterocycles. The van der Waals surface area contributed by atoms with Crippen molar-refractivity contribution in [1.82, 2.24) is 9.80 Å². The first kappa shape index (κ1) is 18.7. The van der Waals surface area contributed by atoms with Crippen LogP contribution in [0, 0.1) is 5.82 Å². The fraction of sp³-hybridized carbons (Fsp3) is 0.238. The lowest BCUT2D eigenvalue weighted by Gasteiger charge is -2.26. The van der Waals surface area contributed by atoms with Crippen LogP contribution in [0.2, 0.25) is 5.02 Å². The van der Waals surface area contributed by atoms with Crippen LogP contribution in [0.4, 0.5) is 4.39 Å².